The van der Waals surface area contributed by atoms with E-state index in [0.717, 1.165) is 16.3 Å². The first kappa shape index (κ1) is 25.7. The number of carbonyl (C=O) groups excluding carboxylic acids is 1. The summed E-state index contributed by atoms with van der Waals surface area (Å²) in [6.07, 6.45) is 1.83. The maximum atomic E-state index is 13.9. The van der Waals surface area contributed by atoms with Crippen molar-refractivity contribution >= 4 is 34.8 Å². The van der Waals surface area contributed by atoms with Crippen molar-refractivity contribution < 1.29 is 17.9 Å². The molecular weight excluding hydrogens is 450 g/mol. The van der Waals surface area contributed by atoms with E-state index in [4.69, 9.17) is 4.74 Å². The van der Waals surface area contributed by atoms with Crippen LogP contribution in [0.25, 0.3) is 10.8 Å². The van der Waals surface area contributed by atoms with E-state index in [1.807, 2.05) is 69.3 Å². The number of rotatable bonds is 7. The summed E-state index contributed by atoms with van der Waals surface area (Å²) in [7, 11) is -5.26. The van der Waals surface area contributed by atoms with Gasteiger partial charge in [0.05, 0.1) is 24.0 Å². The van der Waals surface area contributed by atoms with Crippen LogP contribution in [0.5, 0.6) is 0 Å². The maximum absolute atomic E-state index is 13.9. The highest BCUT2D eigenvalue weighted by Crippen LogP contribution is 2.46. The topological polar surface area (TPSA) is 63.7 Å². The Morgan fingerprint density at radius 1 is 1.06 bits per heavy atom. The van der Waals surface area contributed by atoms with E-state index in [2.05, 4.69) is 19.6 Å². The van der Waals surface area contributed by atoms with Crippen molar-refractivity contribution in [3.05, 3.63) is 59.7 Å². The Labute approximate surface area is 199 Å². The van der Waals surface area contributed by atoms with Gasteiger partial charge in [-0.25, -0.2) is 13.2 Å². The molecular formula is C26H37NO4SSi. The summed E-state index contributed by atoms with van der Waals surface area (Å²) in [6.45, 7) is 14.6. The quantitative estimate of drug-likeness (QED) is 0.367. The van der Waals surface area contributed by atoms with E-state index in [1.165, 1.54) is 0 Å². The monoisotopic (exact) mass is 487 g/mol. The molecule has 0 fully saturated rings. The van der Waals surface area contributed by atoms with Gasteiger partial charge in [0.2, 0.25) is 10.0 Å². The summed E-state index contributed by atoms with van der Waals surface area (Å²) in [4.78, 5) is 13.1. The van der Waals surface area contributed by atoms with Crippen LogP contribution >= 0.6 is 0 Å². The molecule has 0 bridgehead atoms. The Bertz CT molecular complexity index is 1150. The Balaban J connectivity index is 2.25. The number of fused-ring (bicyclic) bond motifs is 1. The minimum Gasteiger partial charge on any atom is -0.463 e. The molecule has 0 saturated carbocycles. The second-order valence-corrected chi connectivity index (χ2v) is 18.7. The Morgan fingerprint density at radius 2 is 1.70 bits per heavy atom. The van der Waals surface area contributed by atoms with Gasteiger partial charge in [0.25, 0.3) is 0 Å². The van der Waals surface area contributed by atoms with Gasteiger partial charge in [-0.3, -0.25) is 0 Å². The first-order valence-electron chi connectivity index (χ1n) is 11.6. The molecule has 2 aromatic carbocycles. The summed E-state index contributed by atoms with van der Waals surface area (Å²) in [6, 6.07) is 13.3. The molecule has 1 aliphatic rings. The van der Waals surface area contributed by atoms with Crippen molar-refractivity contribution in [2.75, 3.05) is 12.4 Å². The lowest BCUT2D eigenvalue weighted by atomic mass is 9.87. The molecule has 1 aliphatic heterocycles. The largest absolute Gasteiger partial charge is 0.463 e. The standard InChI is InChI=1S/C26H37NO4SSi/c1-8-31-25(28)22-18-23(26(2,3)4)27(32(29,30)16-17-33(5,6)7)24(22)21-15-11-13-19-12-9-10-14-20(19)21/h9-15,18,23-24H,8,16-17H2,1-7H3/t23-,24-/m1/s1. The zero-order valence-electron chi connectivity index (χ0n) is 20.9. The summed E-state index contributed by atoms with van der Waals surface area (Å²) in [5, 5.41) is 1.96. The lowest BCUT2D eigenvalue weighted by Crippen LogP contribution is -2.46. The number of nitrogens with zero attached hydrogens (tertiary/aromatic N) is 1. The van der Waals surface area contributed by atoms with Crippen LogP contribution in [0.15, 0.2) is 54.1 Å². The Morgan fingerprint density at radius 3 is 2.30 bits per heavy atom. The van der Waals surface area contributed by atoms with E-state index >= 15 is 0 Å². The van der Waals surface area contributed by atoms with Crippen LogP contribution in [0.4, 0.5) is 0 Å². The van der Waals surface area contributed by atoms with Crippen molar-refractivity contribution in [1.29, 1.82) is 0 Å². The smallest absolute Gasteiger partial charge is 0.335 e. The van der Waals surface area contributed by atoms with E-state index in [9.17, 15) is 13.2 Å². The number of ether oxygens (including phenoxy) is 1. The molecule has 0 saturated heterocycles. The van der Waals surface area contributed by atoms with Gasteiger partial charge >= 0.3 is 5.97 Å². The van der Waals surface area contributed by atoms with Crippen LogP contribution in [0.1, 0.15) is 39.3 Å². The van der Waals surface area contributed by atoms with Crippen molar-refractivity contribution in [3.8, 4) is 0 Å². The third-order valence-corrected chi connectivity index (χ3v) is 10.0. The molecule has 0 unspecified atom stereocenters. The summed E-state index contributed by atoms with van der Waals surface area (Å²) in [5.41, 5.74) is 0.823. The molecule has 0 radical (unpaired) electrons. The van der Waals surface area contributed by atoms with Crippen LogP contribution in [0, 0.1) is 5.41 Å². The van der Waals surface area contributed by atoms with Crippen molar-refractivity contribution in [1.82, 2.24) is 4.31 Å². The van der Waals surface area contributed by atoms with Crippen molar-refractivity contribution in [2.24, 2.45) is 5.41 Å². The van der Waals surface area contributed by atoms with Gasteiger partial charge in [0.1, 0.15) is 0 Å². The van der Waals surface area contributed by atoms with Crippen LogP contribution < -0.4 is 0 Å². The zero-order chi connectivity index (χ0) is 24.6. The molecule has 2 atom stereocenters. The molecule has 2 aromatic rings. The molecule has 0 aromatic heterocycles. The average Bonchev–Trinajstić information content (AvgIpc) is 3.14. The summed E-state index contributed by atoms with van der Waals surface area (Å²) >= 11 is 0. The van der Waals surface area contributed by atoms with Gasteiger partial charge in [-0.2, -0.15) is 4.31 Å². The fraction of sp³-hybridized carbons (Fsp3) is 0.500. The van der Waals surface area contributed by atoms with Gasteiger partial charge in [0.15, 0.2) is 0 Å². The zero-order valence-corrected chi connectivity index (χ0v) is 22.7. The number of esters is 1. The minimum atomic E-state index is -3.66. The summed E-state index contributed by atoms with van der Waals surface area (Å²) in [5.74, 6) is -0.367. The second-order valence-electron chi connectivity index (χ2n) is 11.1. The van der Waals surface area contributed by atoms with Gasteiger partial charge < -0.3 is 4.74 Å². The molecule has 3 rings (SSSR count). The molecule has 1 heterocycles. The number of hydrogen-bond acceptors (Lipinski definition) is 4. The van der Waals surface area contributed by atoms with Crippen LogP contribution in [0.3, 0.4) is 0 Å². The predicted molar refractivity (Wildman–Crippen MR) is 138 cm³/mol. The van der Waals surface area contributed by atoms with Gasteiger partial charge in [-0.1, -0.05) is 89.0 Å². The summed E-state index contributed by atoms with van der Waals surface area (Å²) < 4.78 is 34.9. The normalized spacial score (nSPS) is 20.2. The molecule has 7 heteroatoms. The highest BCUT2D eigenvalue weighted by Gasteiger charge is 2.49. The van der Waals surface area contributed by atoms with Gasteiger partial charge in [-0.05, 0) is 34.7 Å². The highest BCUT2D eigenvalue weighted by atomic mass is 32.2. The fourth-order valence-electron chi connectivity index (χ4n) is 4.33. The van der Waals surface area contributed by atoms with Crippen LogP contribution in [0.2, 0.25) is 25.7 Å². The van der Waals surface area contributed by atoms with Gasteiger partial charge in [0, 0.05) is 14.1 Å². The molecule has 33 heavy (non-hydrogen) atoms. The van der Waals surface area contributed by atoms with Crippen LogP contribution in [-0.4, -0.2) is 45.2 Å². The SMILES string of the molecule is CCOC(=O)C1=C[C@H](C(C)(C)C)N(S(=O)(=O)CC[Si](C)(C)C)[C@@H]1c1cccc2ccccc12. The molecule has 0 spiro atoms. The maximum Gasteiger partial charge on any atom is 0.335 e. The second kappa shape index (κ2) is 9.35. The van der Waals surface area contributed by atoms with E-state index in [1.54, 1.807) is 11.2 Å². The Hall–Kier alpha value is -1.96. The van der Waals surface area contributed by atoms with E-state index < -0.39 is 41.6 Å². The Kier molecular flexibility index (Phi) is 7.27. The lowest BCUT2D eigenvalue weighted by Gasteiger charge is -2.38. The third kappa shape index (κ3) is 5.58. The number of hydrogen-bond donors (Lipinski definition) is 0. The first-order valence-corrected chi connectivity index (χ1v) is 17.0. The van der Waals surface area contributed by atoms with E-state index in [-0.39, 0.29) is 12.4 Å². The number of sulfonamides is 1. The van der Waals surface area contributed by atoms with E-state index in [0.29, 0.717) is 11.6 Å². The highest BCUT2D eigenvalue weighted by molar-refractivity contribution is 7.89. The molecule has 5 nitrogen and oxygen atoms in total. The third-order valence-electron chi connectivity index (χ3n) is 6.11. The minimum absolute atomic E-state index is 0.0838. The predicted octanol–water partition coefficient (Wildman–Crippen LogP) is 5.77. The number of carbonyl (C=O) groups is 1. The molecule has 0 N–H and O–H groups in total. The van der Waals surface area contributed by atoms with Gasteiger partial charge in [-0.15, -0.1) is 0 Å². The van der Waals surface area contributed by atoms with Crippen molar-refractivity contribution in [3.63, 3.8) is 0 Å². The first-order chi connectivity index (χ1) is 15.3. The number of benzene rings is 2. The van der Waals surface area contributed by atoms with Crippen molar-refractivity contribution in [2.45, 2.75) is 65.5 Å². The fourth-order valence-corrected chi connectivity index (χ4v) is 9.29. The van der Waals surface area contributed by atoms with Crippen LogP contribution in [-0.2, 0) is 19.6 Å². The molecule has 0 aliphatic carbocycles. The average molecular weight is 488 g/mol. The lowest BCUT2D eigenvalue weighted by molar-refractivity contribution is -0.138. The molecule has 180 valence electrons. The molecule has 0 amide bonds.